The third-order valence-corrected chi connectivity index (χ3v) is 5.82. The highest BCUT2D eigenvalue weighted by molar-refractivity contribution is 7.99. The third-order valence-electron chi connectivity index (χ3n) is 4.95. The van der Waals surface area contributed by atoms with Crippen LogP contribution in [0.15, 0.2) is 89.1 Å². The van der Waals surface area contributed by atoms with E-state index in [9.17, 15) is 4.79 Å². The number of aryl methyl sites for hydroxylation is 2. The number of H-pyrrole nitrogens is 1. The minimum absolute atomic E-state index is 0.185. The van der Waals surface area contributed by atoms with Crippen molar-refractivity contribution in [3.8, 4) is 22.5 Å². The predicted molar refractivity (Wildman–Crippen MR) is 132 cm³/mol. The summed E-state index contributed by atoms with van der Waals surface area (Å²) < 4.78 is 0. The van der Waals surface area contributed by atoms with E-state index in [-0.39, 0.29) is 11.7 Å². The summed E-state index contributed by atoms with van der Waals surface area (Å²) in [7, 11) is 0. The summed E-state index contributed by atoms with van der Waals surface area (Å²) in [6, 6.07) is 26.2. The zero-order chi connectivity index (χ0) is 22.3. The molecular weight excluding hydrogens is 416 g/mol. The Labute approximate surface area is 192 Å². The molecule has 0 aliphatic heterocycles. The van der Waals surface area contributed by atoms with Crippen molar-refractivity contribution in [1.29, 1.82) is 0 Å². The average Bonchev–Trinajstić information content (AvgIpc) is 3.25. The lowest BCUT2D eigenvalue weighted by Gasteiger charge is -2.02. The van der Waals surface area contributed by atoms with Crippen molar-refractivity contribution < 1.29 is 4.79 Å². The van der Waals surface area contributed by atoms with Crippen LogP contribution in [-0.4, -0.2) is 27.8 Å². The molecule has 0 saturated heterocycles. The molecule has 0 unspecified atom stereocenters. The number of thioether (sulfide) groups is 1. The molecule has 1 heterocycles. The van der Waals surface area contributed by atoms with Gasteiger partial charge in [-0.05, 0) is 25.0 Å². The number of aromatic amines is 1. The summed E-state index contributed by atoms with van der Waals surface area (Å²) in [6.45, 7) is 4.07. The molecule has 0 aliphatic carbocycles. The van der Waals surface area contributed by atoms with E-state index in [1.54, 1.807) is 6.21 Å². The van der Waals surface area contributed by atoms with Gasteiger partial charge in [-0.2, -0.15) is 5.10 Å². The molecular formula is C26H24N4OS. The minimum Gasteiger partial charge on any atom is -0.332 e. The number of aromatic nitrogens is 2. The number of carbonyl (C=O) groups excluding carboxylic acids is 1. The smallest absolute Gasteiger partial charge is 0.250 e. The Kier molecular flexibility index (Phi) is 6.82. The van der Waals surface area contributed by atoms with Gasteiger partial charge < -0.3 is 4.98 Å². The summed E-state index contributed by atoms with van der Waals surface area (Å²) in [5.74, 6) is 0.0233. The molecule has 0 spiro atoms. The van der Waals surface area contributed by atoms with Gasteiger partial charge in [0.25, 0.3) is 5.91 Å². The first kappa shape index (κ1) is 21.6. The maximum absolute atomic E-state index is 12.3. The zero-order valence-corrected chi connectivity index (χ0v) is 18.8. The first-order valence-corrected chi connectivity index (χ1v) is 11.3. The second-order valence-electron chi connectivity index (χ2n) is 7.44. The molecule has 1 amide bonds. The summed E-state index contributed by atoms with van der Waals surface area (Å²) in [5.41, 5.74) is 9.77. The lowest BCUT2D eigenvalue weighted by molar-refractivity contribution is -0.118. The number of imidazole rings is 1. The first-order chi connectivity index (χ1) is 15.6. The number of hydrogen-bond acceptors (Lipinski definition) is 4. The topological polar surface area (TPSA) is 70.1 Å². The Morgan fingerprint density at radius 3 is 2.38 bits per heavy atom. The molecule has 32 heavy (non-hydrogen) atoms. The highest BCUT2D eigenvalue weighted by atomic mass is 32.2. The van der Waals surface area contributed by atoms with E-state index in [0.717, 1.165) is 33.6 Å². The fraction of sp³-hybridized carbons (Fsp3) is 0.115. The molecule has 0 fully saturated rings. The molecule has 0 atom stereocenters. The fourth-order valence-corrected chi connectivity index (χ4v) is 4.01. The van der Waals surface area contributed by atoms with Gasteiger partial charge in [0.1, 0.15) is 0 Å². The fourth-order valence-electron chi connectivity index (χ4n) is 3.35. The van der Waals surface area contributed by atoms with Gasteiger partial charge in [0.05, 0.1) is 23.4 Å². The van der Waals surface area contributed by atoms with Gasteiger partial charge in [-0.3, -0.25) is 4.79 Å². The summed E-state index contributed by atoms with van der Waals surface area (Å²) >= 11 is 1.35. The molecule has 2 N–H and O–H groups in total. The Hall–Kier alpha value is -3.64. The van der Waals surface area contributed by atoms with E-state index in [4.69, 9.17) is 4.98 Å². The number of rotatable bonds is 7. The SMILES string of the molecule is Cc1ccc(/C=N/NC(=O)CSc2nc(-c3ccccc3)c(-c3ccccc3)[nH]2)c(C)c1. The third kappa shape index (κ3) is 5.34. The van der Waals surface area contributed by atoms with Crippen molar-refractivity contribution in [2.24, 2.45) is 5.10 Å². The molecule has 6 heteroatoms. The second kappa shape index (κ2) is 10.1. The van der Waals surface area contributed by atoms with E-state index in [2.05, 4.69) is 21.6 Å². The van der Waals surface area contributed by atoms with E-state index in [1.165, 1.54) is 17.3 Å². The highest BCUT2D eigenvalue weighted by Gasteiger charge is 2.15. The van der Waals surface area contributed by atoms with Gasteiger partial charge in [0.15, 0.2) is 5.16 Å². The number of carbonyl (C=O) groups is 1. The van der Waals surface area contributed by atoms with Gasteiger partial charge >= 0.3 is 0 Å². The van der Waals surface area contributed by atoms with Crippen LogP contribution in [0.4, 0.5) is 0 Å². The van der Waals surface area contributed by atoms with E-state index in [0.29, 0.717) is 5.16 Å². The van der Waals surface area contributed by atoms with Crippen LogP contribution in [0.2, 0.25) is 0 Å². The number of benzene rings is 3. The maximum Gasteiger partial charge on any atom is 0.250 e. The zero-order valence-electron chi connectivity index (χ0n) is 18.0. The number of hydrogen-bond donors (Lipinski definition) is 2. The normalized spacial score (nSPS) is 11.1. The largest absolute Gasteiger partial charge is 0.332 e. The van der Waals surface area contributed by atoms with Gasteiger partial charge in [-0.15, -0.1) is 0 Å². The van der Waals surface area contributed by atoms with Crippen LogP contribution in [0.25, 0.3) is 22.5 Å². The summed E-state index contributed by atoms with van der Waals surface area (Å²) in [6.07, 6.45) is 1.67. The van der Waals surface area contributed by atoms with Crippen molar-refractivity contribution in [1.82, 2.24) is 15.4 Å². The van der Waals surface area contributed by atoms with Gasteiger partial charge in [-0.1, -0.05) is 96.2 Å². The van der Waals surface area contributed by atoms with Crippen LogP contribution in [0.3, 0.4) is 0 Å². The lowest BCUT2D eigenvalue weighted by atomic mass is 10.1. The first-order valence-electron chi connectivity index (χ1n) is 10.3. The van der Waals surface area contributed by atoms with Gasteiger partial charge in [0, 0.05) is 11.1 Å². The Morgan fingerprint density at radius 2 is 1.69 bits per heavy atom. The molecule has 4 rings (SSSR count). The second-order valence-corrected chi connectivity index (χ2v) is 8.40. The van der Waals surface area contributed by atoms with Crippen molar-refractivity contribution in [2.45, 2.75) is 19.0 Å². The van der Waals surface area contributed by atoms with Crippen LogP contribution < -0.4 is 5.43 Å². The summed E-state index contributed by atoms with van der Waals surface area (Å²) in [5, 5.41) is 4.78. The molecule has 5 nitrogen and oxygen atoms in total. The predicted octanol–water partition coefficient (Wildman–Crippen LogP) is 5.60. The number of nitrogens with one attached hydrogen (secondary N) is 2. The van der Waals surface area contributed by atoms with Crippen molar-refractivity contribution >= 4 is 23.9 Å². The van der Waals surface area contributed by atoms with Crippen molar-refractivity contribution in [3.05, 3.63) is 95.6 Å². The van der Waals surface area contributed by atoms with Crippen molar-refractivity contribution in [3.63, 3.8) is 0 Å². The van der Waals surface area contributed by atoms with Crippen LogP contribution in [0.1, 0.15) is 16.7 Å². The Bertz CT molecular complexity index is 1180. The van der Waals surface area contributed by atoms with Crippen LogP contribution >= 0.6 is 11.8 Å². The van der Waals surface area contributed by atoms with E-state index in [1.807, 2.05) is 86.6 Å². The highest BCUT2D eigenvalue weighted by Crippen LogP contribution is 2.32. The quantitative estimate of drug-likeness (QED) is 0.223. The molecule has 0 saturated carbocycles. The van der Waals surface area contributed by atoms with Gasteiger partial charge in [0.2, 0.25) is 0 Å². The van der Waals surface area contributed by atoms with E-state index >= 15 is 0 Å². The Morgan fingerprint density at radius 1 is 1.00 bits per heavy atom. The maximum atomic E-state index is 12.3. The Balaban J connectivity index is 1.44. The average molecular weight is 441 g/mol. The van der Waals surface area contributed by atoms with Crippen molar-refractivity contribution in [2.75, 3.05) is 5.75 Å². The molecule has 0 aliphatic rings. The van der Waals surface area contributed by atoms with Crippen LogP contribution in [0.5, 0.6) is 0 Å². The number of nitrogens with zero attached hydrogens (tertiary/aromatic N) is 2. The molecule has 0 bridgehead atoms. The molecule has 0 radical (unpaired) electrons. The van der Waals surface area contributed by atoms with Crippen LogP contribution in [-0.2, 0) is 4.79 Å². The van der Waals surface area contributed by atoms with Gasteiger partial charge in [-0.25, -0.2) is 10.4 Å². The monoisotopic (exact) mass is 440 g/mol. The number of amides is 1. The standard InChI is InChI=1S/C26H24N4OS/c1-18-13-14-22(19(2)15-18)16-27-30-23(31)17-32-26-28-24(20-9-5-3-6-10-20)25(29-26)21-11-7-4-8-12-21/h3-16H,17H2,1-2H3,(H,28,29)(H,30,31)/b27-16+. The molecule has 4 aromatic rings. The minimum atomic E-state index is -0.185. The summed E-state index contributed by atoms with van der Waals surface area (Å²) in [4.78, 5) is 20.4. The number of hydrazone groups is 1. The molecule has 160 valence electrons. The molecule has 1 aromatic heterocycles. The van der Waals surface area contributed by atoms with Crippen LogP contribution in [0, 0.1) is 13.8 Å². The van der Waals surface area contributed by atoms with E-state index < -0.39 is 0 Å². The molecule has 3 aromatic carbocycles. The lowest BCUT2D eigenvalue weighted by Crippen LogP contribution is -2.19.